The molecular formula is C14H13ClN2O2. The number of hydrogen-bond donors (Lipinski definition) is 1. The zero-order chi connectivity index (χ0) is 13.8. The number of rotatable bonds is 3. The van der Waals surface area contributed by atoms with Crippen LogP contribution in [-0.4, -0.2) is 18.0 Å². The van der Waals surface area contributed by atoms with Crippen molar-refractivity contribution >= 4 is 23.2 Å². The second kappa shape index (κ2) is 5.71. The van der Waals surface area contributed by atoms with Gasteiger partial charge < -0.3 is 10.1 Å². The van der Waals surface area contributed by atoms with E-state index in [4.69, 9.17) is 16.3 Å². The molecule has 0 bridgehead atoms. The Kier molecular flexibility index (Phi) is 4.02. The molecule has 0 saturated carbocycles. The van der Waals surface area contributed by atoms with Crippen LogP contribution in [0.25, 0.3) is 0 Å². The summed E-state index contributed by atoms with van der Waals surface area (Å²) in [5.41, 5.74) is 1.91. The van der Waals surface area contributed by atoms with E-state index in [9.17, 15) is 4.79 Å². The lowest BCUT2D eigenvalue weighted by molar-refractivity contribution is 0.102. The number of carbonyl (C=O) groups is 1. The summed E-state index contributed by atoms with van der Waals surface area (Å²) in [5, 5.41) is 3.08. The Morgan fingerprint density at radius 2 is 2.11 bits per heavy atom. The Balaban J connectivity index is 2.19. The Morgan fingerprint density at radius 3 is 2.74 bits per heavy atom. The lowest BCUT2D eigenvalue weighted by Gasteiger charge is -2.09. The monoisotopic (exact) mass is 276 g/mol. The van der Waals surface area contributed by atoms with Gasteiger partial charge in [-0.3, -0.25) is 4.79 Å². The smallest absolute Gasteiger partial charge is 0.274 e. The van der Waals surface area contributed by atoms with Gasteiger partial charge in [0.15, 0.2) is 0 Å². The van der Waals surface area contributed by atoms with Crippen LogP contribution in [0.3, 0.4) is 0 Å². The molecule has 1 aromatic carbocycles. The summed E-state index contributed by atoms with van der Waals surface area (Å²) in [6.45, 7) is 1.89. The van der Waals surface area contributed by atoms with E-state index >= 15 is 0 Å². The molecule has 0 saturated heterocycles. The summed E-state index contributed by atoms with van der Waals surface area (Å²) in [7, 11) is 1.60. The van der Waals surface area contributed by atoms with Crippen molar-refractivity contribution in [3.63, 3.8) is 0 Å². The van der Waals surface area contributed by atoms with Crippen molar-refractivity contribution in [2.24, 2.45) is 0 Å². The quantitative estimate of drug-likeness (QED) is 0.875. The highest BCUT2D eigenvalue weighted by atomic mass is 35.5. The maximum Gasteiger partial charge on any atom is 0.274 e. The summed E-state index contributed by atoms with van der Waals surface area (Å²) >= 11 is 5.76. The lowest BCUT2D eigenvalue weighted by Crippen LogP contribution is -2.14. The molecule has 5 heteroatoms. The molecule has 0 aliphatic carbocycles. The number of aromatic nitrogens is 1. The highest BCUT2D eigenvalue weighted by molar-refractivity contribution is 6.29. The van der Waals surface area contributed by atoms with Crippen LogP contribution in [0.2, 0.25) is 5.15 Å². The van der Waals surface area contributed by atoms with Gasteiger partial charge in [-0.2, -0.15) is 0 Å². The summed E-state index contributed by atoms with van der Waals surface area (Å²) in [4.78, 5) is 16.0. The minimum atomic E-state index is -0.296. The SMILES string of the molecule is COc1ccc(NC(=O)c2cccc(Cl)n2)c(C)c1. The second-order valence-corrected chi connectivity index (χ2v) is 4.37. The van der Waals surface area contributed by atoms with Gasteiger partial charge in [-0.1, -0.05) is 17.7 Å². The third-order valence-electron chi connectivity index (χ3n) is 2.63. The molecule has 0 atom stereocenters. The molecule has 1 heterocycles. The molecule has 0 aliphatic rings. The largest absolute Gasteiger partial charge is 0.497 e. The molecule has 0 fully saturated rings. The van der Waals surface area contributed by atoms with Crippen molar-refractivity contribution in [1.82, 2.24) is 4.98 Å². The molecule has 4 nitrogen and oxygen atoms in total. The normalized spacial score (nSPS) is 10.1. The highest BCUT2D eigenvalue weighted by Crippen LogP contribution is 2.21. The van der Waals surface area contributed by atoms with Gasteiger partial charge in [-0.15, -0.1) is 0 Å². The number of nitrogens with one attached hydrogen (secondary N) is 1. The van der Waals surface area contributed by atoms with Crippen molar-refractivity contribution in [3.8, 4) is 5.75 Å². The number of halogens is 1. The number of anilines is 1. The molecule has 0 spiro atoms. The topological polar surface area (TPSA) is 51.2 Å². The Morgan fingerprint density at radius 1 is 1.32 bits per heavy atom. The molecule has 2 rings (SSSR count). The minimum absolute atomic E-state index is 0.280. The highest BCUT2D eigenvalue weighted by Gasteiger charge is 2.09. The molecule has 1 N–H and O–H groups in total. The Bertz CT molecular complexity index is 614. The van der Waals surface area contributed by atoms with E-state index in [0.29, 0.717) is 10.8 Å². The number of methoxy groups -OCH3 is 1. The fourth-order valence-corrected chi connectivity index (χ4v) is 1.79. The third kappa shape index (κ3) is 3.23. The number of hydrogen-bond acceptors (Lipinski definition) is 3. The molecular weight excluding hydrogens is 264 g/mol. The predicted octanol–water partition coefficient (Wildman–Crippen LogP) is 3.30. The first-order valence-corrected chi connectivity index (χ1v) is 6.06. The van der Waals surface area contributed by atoms with E-state index in [-0.39, 0.29) is 11.6 Å². The van der Waals surface area contributed by atoms with Gasteiger partial charge in [0.1, 0.15) is 16.6 Å². The van der Waals surface area contributed by atoms with Gasteiger partial charge in [-0.05, 0) is 42.8 Å². The minimum Gasteiger partial charge on any atom is -0.497 e. The lowest BCUT2D eigenvalue weighted by atomic mass is 10.2. The van der Waals surface area contributed by atoms with E-state index in [1.165, 1.54) is 0 Å². The summed E-state index contributed by atoms with van der Waals surface area (Å²) in [6, 6.07) is 10.3. The van der Waals surface area contributed by atoms with Crippen LogP contribution in [0, 0.1) is 6.92 Å². The maximum absolute atomic E-state index is 12.0. The first-order valence-electron chi connectivity index (χ1n) is 5.68. The average molecular weight is 277 g/mol. The fourth-order valence-electron chi connectivity index (χ4n) is 1.62. The molecule has 0 unspecified atom stereocenters. The van der Waals surface area contributed by atoms with Crippen molar-refractivity contribution in [2.75, 3.05) is 12.4 Å². The van der Waals surface area contributed by atoms with E-state index in [1.807, 2.05) is 13.0 Å². The van der Waals surface area contributed by atoms with Crippen molar-refractivity contribution in [1.29, 1.82) is 0 Å². The van der Waals surface area contributed by atoms with E-state index in [1.54, 1.807) is 37.4 Å². The molecule has 1 aromatic heterocycles. The van der Waals surface area contributed by atoms with Crippen LogP contribution >= 0.6 is 11.6 Å². The number of carbonyl (C=O) groups excluding carboxylic acids is 1. The van der Waals surface area contributed by atoms with E-state index < -0.39 is 0 Å². The predicted molar refractivity (Wildman–Crippen MR) is 74.9 cm³/mol. The zero-order valence-corrected chi connectivity index (χ0v) is 11.4. The number of amides is 1. The van der Waals surface area contributed by atoms with E-state index in [0.717, 1.165) is 11.3 Å². The Labute approximate surface area is 116 Å². The number of aryl methyl sites for hydroxylation is 1. The average Bonchev–Trinajstić information content (AvgIpc) is 2.41. The number of benzene rings is 1. The van der Waals surface area contributed by atoms with Gasteiger partial charge in [0, 0.05) is 5.69 Å². The number of ether oxygens (including phenoxy) is 1. The van der Waals surface area contributed by atoms with Crippen LogP contribution in [0.4, 0.5) is 5.69 Å². The zero-order valence-electron chi connectivity index (χ0n) is 10.6. The third-order valence-corrected chi connectivity index (χ3v) is 2.84. The summed E-state index contributed by atoms with van der Waals surface area (Å²) in [6.07, 6.45) is 0. The van der Waals surface area contributed by atoms with Crippen LogP contribution in [0.5, 0.6) is 5.75 Å². The van der Waals surface area contributed by atoms with Gasteiger partial charge in [-0.25, -0.2) is 4.98 Å². The maximum atomic E-state index is 12.0. The van der Waals surface area contributed by atoms with Crippen molar-refractivity contribution in [2.45, 2.75) is 6.92 Å². The molecule has 19 heavy (non-hydrogen) atoms. The summed E-state index contributed by atoms with van der Waals surface area (Å²) in [5.74, 6) is 0.451. The molecule has 0 aliphatic heterocycles. The van der Waals surface area contributed by atoms with Crippen LogP contribution in [0.15, 0.2) is 36.4 Å². The van der Waals surface area contributed by atoms with Crippen LogP contribution in [-0.2, 0) is 0 Å². The first-order chi connectivity index (χ1) is 9.10. The molecule has 2 aromatic rings. The van der Waals surface area contributed by atoms with Crippen LogP contribution in [0.1, 0.15) is 16.1 Å². The van der Waals surface area contributed by atoms with Gasteiger partial charge in [0.25, 0.3) is 5.91 Å². The van der Waals surface area contributed by atoms with Gasteiger partial charge in [0.05, 0.1) is 7.11 Å². The molecule has 1 amide bonds. The van der Waals surface area contributed by atoms with Crippen molar-refractivity contribution in [3.05, 3.63) is 52.8 Å². The fraction of sp³-hybridized carbons (Fsp3) is 0.143. The van der Waals surface area contributed by atoms with Gasteiger partial charge >= 0.3 is 0 Å². The standard InChI is InChI=1S/C14H13ClN2O2/c1-9-8-10(19-2)6-7-11(9)17-14(18)12-4-3-5-13(15)16-12/h3-8H,1-2H3,(H,17,18). The van der Waals surface area contributed by atoms with Crippen molar-refractivity contribution < 1.29 is 9.53 Å². The Hall–Kier alpha value is -2.07. The summed E-state index contributed by atoms with van der Waals surface area (Å²) < 4.78 is 5.11. The number of nitrogens with zero attached hydrogens (tertiary/aromatic N) is 1. The molecule has 98 valence electrons. The van der Waals surface area contributed by atoms with E-state index in [2.05, 4.69) is 10.3 Å². The van der Waals surface area contributed by atoms with Crippen LogP contribution < -0.4 is 10.1 Å². The second-order valence-electron chi connectivity index (χ2n) is 3.98. The first kappa shape index (κ1) is 13.4. The number of pyridine rings is 1. The molecule has 0 radical (unpaired) electrons. The van der Waals surface area contributed by atoms with Gasteiger partial charge in [0.2, 0.25) is 0 Å².